The van der Waals surface area contributed by atoms with Gasteiger partial charge >= 0.3 is 35.8 Å². The summed E-state index contributed by atoms with van der Waals surface area (Å²) in [6.45, 7) is 21.3. The van der Waals surface area contributed by atoms with Gasteiger partial charge in [0.2, 0.25) is 0 Å². The number of rotatable bonds is 66. The van der Waals surface area contributed by atoms with Gasteiger partial charge in [0.25, 0.3) is 0 Å². The second-order valence-corrected chi connectivity index (χ2v) is 26.4. The average Bonchev–Trinajstić information content (AvgIpc) is 3.51. The summed E-state index contributed by atoms with van der Waals surface area (Å²) in [6.07, 6.45) is 58.9. The number of carbonyl (C=O) groups excluding carboxylic acids is 6. The van der Waals surface area contributed by atoms with E-state index in [-0.39, 0.29) is 35.8 Å². The first-order chi connectivity index (χ1) is 43.3. The lowest BCUT2D eigenvalue weighted by atomic mass is 10.0. The lowest BCUT2D eigenvalue weighted by molar-refractivity contribution is -0.146. The molecule has 0 saturated heterocycles. The number of hydrogen-bond donors (Lipinski definition) is 0. The largest absolute Gasteiger partial charge is 0.466 e. The van der Waals surface area contributed by atoms with Crippen LogP contribution in [0.1, 0.15) is 409 Å². The van der Waals surface area contributed by atoms with Gasteiger partial charge in [-0.05, 0) is 88.9 Å². The first-order valence-electron chi connectivity index (χ1n) is 38.3. The van der Waals surface area contributed by atoms with Gasteiger partial charge in [0.15, 0.2) is 0 Å². The van der Waals surface area contributed by atoms with E-state index in [1.54, 1.807) is 0 Å². The van der Waals surface area contributed by atoms with Crippen molar-refractivity contribution >= 4 is 35.8 Å². The summed E-state index contributed by atoms with van der Waals surface area (Å²) in [5.41, 5.74) is 0. The highest BCUT2D eigenvalue weighted by Crippen LogP contribution is 2.16. The zero-order valence-corrected chi connectivity index (χ0v) is 60.2. The van der Waals surface area contributed by atoms with Crippen LogP contribution in [0.25, 0.3) is 0 Å². The Morgan fingerprint density at radius 2 is 0.326 bits per heavy atom. The zero-order chi connectivity index (χ0) is 66.0. The quantitative estimate of drug-likeness (QED) is 0.0323. The predicted molar refractivity (Wildman–Crippen MR) is 372 cm³/mol. The molecule has 0 aliphatic carbocycles. The van der Waals surface area contributed by atoms with E-state index in [1.165, 1.54) is 167 Å². The summed E-state index contributed by atoms with van der Waals surface area (Å²) in [5, 5.41) is 0. The fourth-order valence-corrected chi connectivity index (χ4v) is 10.3. The molecule has 0 aliphatic rings. The van der Waals surface area contributed by atoms with Crippen molar-refractivity contribution in [1.82, 2.24) is 0 Å². The number of hydrogen-bond acceptors (Lipinski definition) is 12. The van der Waals surface area contributed by atoms with E-state index < -0.39 is 0 Å². The fraction of sp³-hybridized carbons (Fsp3) is 0.922. The monoisotopic (exact) mass is 1270 g/mol. The third-order valence-electron chi connectivity index (χ3n) is 16.2. The van der Waals surface area contributed by atoms with Crippen LogP contribution in [0.2, 0.25) is 0 Å². The van der Waals surface area contributed by atoms with Crippen molar-refractivity contribution in [1.29, 1.82) is 0 Å². The van der Waals surface area contributed by atoms with Crippen LogP contribution >= 0.6 is 0 Å². The SMILES string of the molecule is CC(C)CCCCCCCOC(=O)CCCCC(=O)OCCCCCCCC(C)C.CCCCCCCCOC(=O)CCCCCCCC(=O)OCCCCCCCC.CCCCCCCCOC(=O)CCCCCCCCC(=O)OCCCCCCCC. The fourth-order valence-electron chi connectivity index (χ4n) is 10.3. The lowest BCUT2D eigenvalue weighted by Gasteiger charge is -2.07. The molecule has 0 aliphatic heterocycles. The molecular weight excluding hydrogens is 1120 g/mol. The minimum atomic E-state index is -0.138. The van der Waals surface area contributed by atoms with E-state index in [4.69, 9.17) is 28.4 Å². The second-order valence-electron chi connectivity index (χ2n) is 26.4. The molecule has 0 aromatic carbocycles. The van der Waals surface area contributed by atoms with Gasteiger partial charge in [0.1, 0.15) is 0 Å². The Morgan fingerprint density at radius 1 is 0.191 bits per heavy atom. The summed E-state index contributed by atoms with van der Waals surface area (Å²) in [7, 11) is 0. The maximum absolute atomic E-state index is 11.7. The van der Waals surface area contributed by atoms with Crippen LogP contribution in [-0.4, -0.2) is 75.5 Å². The van der Waals surface area contributed by atoms with E-state index in [9.17, 15) is 28.8 Å². The molecule has 0 N–H and O–H groups in total. The van der Waals surface area contributed by atoms with Crippen molar-refractivity contribution in [2.45, 2.75) is 409 Å². The van der Waals surface area contributed by atoms with Gasteiger partial charge in [0.05, 0.1) is 39.6 Å². The first kappa shape index (κ1) is 90.0. The van der Waals surface area contributed by atoms with Gasteiger partial charge in [-0.25, -0.2) is 0 Å². The number of esters is 6. The summed E-state index contributed by atoms with van der Waals surface area (Å²) < 4.78 is 31.7. The molecule has 0 fully saturated rings. The van der Waals surface area contributed by atoms with Gasteiger partial charge in [-0.1, -0.05) is 293 Å². The third kappa shape index (κ3) is 84.8. The molecule has 0 atom stereocenters. The third-order valence-corrected chi connectivity index (χ3v) is 16.2. The molecule has 0 spiro atoms. The lowest BCUT2D eigenvalue weighted by Crippen LogP contribution is -2.08. The second kappa shape index (κ2) is 77.3. The minimum Gasteiger partial charge on any atom is -0.466 e. The Labute approximate surface area is 550 Å². The molecule has 0 saturated carbocycles. The van der Waals surface area contributed by atoms with Gasteiger partial charge < -0.3 is 28.4 Å². The molecule has 0 radical (unpaired) electrons. The predicted octanol–water partition coefficient (Wildman–Crippen LogP) is 23.1. The summed E-state index contributed by atoms with van der Waals surface area (Å²) >= 11 is 0. The van der Waals surface area contributed by atoms with Crippen molar-refractivity contribution in [3.8, 4) is 0 Å². The van der Waals surface area contributed by atoms with E-state index >= 15 is 0 Å². The highest BCUT2D eigenvalue weighted by atomic mass is 16.5. The molecule has 0 aromatic rings. The van der Waals surface area contributed by atoms with E-state index in [0.717, 1.165) is 147 Å². The Morgan fingerprint density at radius 3 is 0.494 bits per heavy atom. The van der Waals surface area contributed by atoms with Crippen LogP contribution in [0.4, 0.5) is 0 Å². The molecule has 0 rings (SSSR count). The number of ether oxygens (including phenoxy) is 6. The van der Waals surface area contributed by atoms with Crippen molar-refractivity contribution in [2.24, 2.45) is 11.8 Å². The van der Waals surface area contributed by atoms with Crippen LogP contribution in [0, 0.1) is 11.8 Å². The normalized spacial score (nSPS) is 11.0. The van der Waals surface area contributed by atoms with Crippen LogP contribution in [0.15, 0.2) is 0 Å². The topological polar surface area (TPSA) is 158 Å². The maximum Gasteiger partial charge on any atom is 0.305 e. The number of carbonyl (C=O) groups is 6. The van der Waals surface area contributed by atoms with Gasteiger partial charge in [-0.15, -0.1) is 0 Å². The van der Waals surface area contributed by atoms with Crippen LogP contribution in [-0.2, 0) is 57.2 Å². The Hall–Kier alpha value is -3.18. The first-order valence-corrected chi connectivity index (χ1v) is 38.3. The molecule has 0 aromatic heterocycles. The van der Waals surface area contributed by atoms with E-state index in [1.807, 2.05) is 0 Å². The molecule has 0 bridgehead atoms. The zero-order valence-electron chi connectivity index (χ0n) is 60.2. The molecule has 0 heterocycles. The molecular formula is C77H148O12. The van der Waals surface area contributed by atoms with Crippen LogP contribution in [0.3, 0.4) is 0 Å². The van der Waals surface area contributed by atoms with Gasteiger partial charge in [-0.2, -0.15) is 0 Å². The van der Waals surface area contributed by atoms with Crippen LogP contribution < -0.4 is 0 Å². The number of unbranched alkanes of at least 4 members (excludes halogenated alkanes) is 38. The molecule has 0 unspecified atom stereocenters. The Kier molecular flexibility index (Phi) is 78.2. The minimum absolute atomic E-state index is 0.0448. The smallest absolute Gasteiger partial charge is 0.305 e. The summed E-state index contributed by atoms with van der Waals surface area (Å²) in [4.78, 5) is 70.2. The molecule has 89 heavy (non-hydrogen) atoms. The molecule has 12 nitrogen and oxygen atoms in total. The molecule has 12 heteroatoms. The standard InChI is InChI=1S/2C26H50O4.C25H48O4/c1-23(2)17-11-7-5-9-15-21-29-25(27)19-13-14-20-26(28)30-22-16-10-6-8-12-18-24(3)4;1-3-5-7-9-15-19-23-29-25(27)21-17-13-11-12-14-18-22-26(28)30-24-20-16-10-8-6-4-2;1-3-5-7-9-14-18-22-28-24(26)20-16-12-11-13-17-21-25(27)29-23-19-15-10-8-6-4-2/h23-24H,5-22H2,1-4H3;3-24H2,1-2H3;3-23H2,1-2H3. The van der Waals surface area contributed by atoms with E-state index in [0.29, 0.717) is 91.0 Å². The molecule has 528 valence electrons. The van der Waals surface area contributed by atoms with Crippen molar-refractivity contribution in [3.05, 3.63) is 0 Å². The average molecular weight is 1270 g/mol. The van der Waals surface area contributed by atoms with Crippen LogP contribution in [0.5, 0.6) is 0 Å². The summed E-state index contributed by atoms with van der Waals surface area (Å²) in [6, 6.07) is 0. The Balaban J connectivity index is -0.00000125. The van der Waals surface area contributed by atoms with E-state index in [2.05, 4.69) is 55.4 Å². The maximum atomic E-state index is 11.7. The van der Waals surface area contributed by atoms with Gasteiger partial charge in [-0.3, -0.25) is 28.8 Å². The highest BCUT2D eigenvalue weighted by molar-refractivity contribution is 5.71. The Bertz CT molecular complexity index is 1390. The highest BCUT2D eigenvalue weighted by Gasteiger charge is 2.09. The van der Waals surface area contributed by atoms with Crippen molar-refractivity contribution in [3.63, 3.8) is 0 Å². The van der Waals surface area contributed by atoms with Crippen molar-refractivity contribution < 1.29 is 57.2 Å². The summed E-state index contributed by atoms with van der Waals surface area (Å²) in [5.74, 6) is 1.10. The molecule has 0 amide bonds. The van der Waals surface area contributed by atoms with Crippen molar-refractivity contribution in [2.75, 3.05) is 39.6 Å². The van der Waals surface area contributed by atoms with Gasteiger partial charge in [0, 0.05) is 38.5 Å².